The van der Waals surface area contributed by atoms with Crippen LogP contribution in [0.2, 0.25) is 0 Å². The van der Waals surface area contributed by atoms with Gasteiger partial charge in [0.15, 0.2) is 0 Å². The van der Waals surface area contributed by atoms with E-state index in [0.717, 1.165) is 82.7 Å². The summed E-state index contributed by atoms with van der Waals surface area (Å²) in [6.07, 6.45) is 4.14. The number of ether oxygens (including phenoxy) is 1. The van der Waals surface area contributed by atoms with E-state index in [-0.39, 0.29) is 0 Å². The Morgan fingerprint density at radius 3 is 2.50 bits per heavy atom. The Hall–Kier alpha value is -1.83. The number of pyridine rings is 1. The van der Waals surface area contributed by atoms with Crippen molar-refractivity contribution in [2.24, 2.45) is 7.05 Å². The van der Waals surface area contributed by atoms with Crippen molar-refractivity contribution >= 4 is 0 Å². The van der Waals surface area contributed by atoms with Gasteiger partial charge in [-0.05, 0) is 38.1 Å². The van der Waals surface area contributed by atoms with E-state index in [1.807, 2.05) is 12.3 Å². The number of likely N-dealkylation sites (tertiary alicyclic amines) is 1. The van der Waals surface area contributed by atoms with Crippen LogP contribution in [-0.2, 0) is 24.9 Å². The van der Waals surface area contributed by atoms with E-state index in [4.69, 9.17) is 4.74 Å². The van der Waals surface area contributed by atoms with Gasteiger partial charge in [-0.2, -0.15) is 0 Å². The van der Waals surface area contributed by atoms with Gasteiger partial charge in [-0.15, -0.1) is 10.2 Å². The third-order valence-electron chi connectivity index (χ3n) is 5.53. The van der Waals surface area contributed by atoms with E-state index in [9.17, 15) is 0 Å². The lowest BCUT2D eigenvalue weighted by molar-refractivity contribution is 0.0326. The summed E-state index contributed by atoms with van der Waals surface area (Å²) in [6.45, 7) is 7.58. The van der Waals surface area contributed by atoms with E-state index < -0.39 is 0 Å². The zero-order chi connectivity index (χ0) is 17.8. The number of morpholine rings is 1. The topological polar surface area (TPSA) is 59.3 Å². The Labute approximate surface area is 155 Å². The van der Waals surface area contributed by atoms with E-state index in [1.165, 1.54) is 0 Å². The van der Waals surface area contributed by atoms with Crippen LogP contribution in [0.1, 0.15) is 36.1 Å². The van der Waals surface area contributed by atoms with Gasteiger partial charge < -0.3 is 9.30 Å². The van der Waals surface area contributed by atoms with Crippen LogP contribution in [0, 0.1) is 0 Å². The van der Waals surface area contributed by atoms with Gasteiger partial charge in [0.2, 0.25) is 0 Å². The molecule has 0 spiro atoms. The first-order valence-electron chi connectivity index (χ1n) is 9.60. The average molecular weight is 356 g/mol. The number of hydrogen-bond acceptors (Lipinski definition) is 6. The maximum atomic E-state index is 5.43. The standard InChI is InChI=1S/C19H28N6O/c1-23-18(15-25-10-12-26-13-11-25)21-22-19(23)16-5-8-24(9-6-16)14-17-4-2-3-7-20-17/h2-4,7,16H,5-6,8-15H2,1H3. The van der Waals surface area contributed by atoms with Crippen LogP contribution in [-0.4, -0.2) is 68.9 Å². The fourth-order valence-electron chi connectivity index (χ4n) is 3.90. The van der Waals surface area contributed by atoms with Crippen molar-refractivity contribution in [1.82, 2.24) is 29.5 Å². The second-order valence-corrected chi connectivity index (χ2v) is 7.29. The van der Waals surface area contributed by atoms with Gasteiger partial charge in [0, 0.05) is 38.8 Å². The number of hydrogen-bond donors (Lipinski definition) is 0. The minimum absolute atomic E-state index is 0.505. The molecule has 2 saturated heterocycles. The van der Waals surface area contributed by atoms with Crippen molar-refractivity contribution in [1.29, 1.82) is 0 Å². The Balaban J connectivity index is 1.33. The van der Waals surface area contributed by atoms with Crippen LogP contribution in [0.5, 0.6) is 0 Å². The molecular weight excluding hydrogens is 328 g/mol. The van der Waals surface area contributed by atoms with Crippen molar-refractivity contribution < 1.29 is 4.74 Å². The number of piperidine rings is 1. The maximum absolute atomic E-state index is 5.43. The van der Waals surface area contributed by atoms with E-state index in [0.29, 0.717) is 5.92 Å². The smallest absolute Gasteiger partial charge is 0.146 e. The van der Waals surface area contributed by atoms with Gasteiger partial charge in [-0.25, -0.2) is 0 Å². The van der Waals surface area contributed by atoms with Gasteiger partial charge in [-0.1, -0.05) is 6.07 Å². The summed E-state index contributed by atoms with van der Waals surface area (Å²) in [5.41, 5.74) is 1.15. The monoisotopic (exact) mass is 356 g/mol. The molecule has 2 aliphatic rings. The third-order valence-corrected chi connectivity index (χ3v) is 5.53. The van der Waals surface area contributed by atoms with Crippen molar-refractivity contribution in [3.05, 3.63) is 41.7 Å². The van der Waals surface area contributed by atoms with Gasteiger partial charge in [0.05, 0.1) is 25.5 Å². The summed E-state index contributed by atoms with van der Waals surface area (Å²) < 4.78 is 7.64. The minimum atomic E-state index is 0.505. The maximum Gasteiger partial charge on any atom is 0.146 e. The van der Waals surface area contributed by atoms with Crippen LogP contribution in [0.25, 0.3) is 0 Å². The second-order valence-electron chi connectivity index (χ2n) is 7.29. The first-order valence-corrected chi connectivity index (χ1v) is 9.60. The molecule has 2 aromatic rings. The summed E-state index contributed by atoms with van der Waals surface area (Å²) >= 11 is 0. The van der Waals surface area contributed by atoms with E-state index >= 15 is 0 Å². The molecular formula is C19H28N6O. The molecule has 0 N–H and O–H groups in total. The fraction of sp³-hybridized carbons (Fsp3) is 0.632. The molecule has 0 atom stereocenters. The molecule has 2 aromatic heterocycles. The molecule has 7 heteroatoms. The zero-order valence-corrected chi connectivity index (χ0v) is 15.5. The molecule has 4 heterocycles. The summed E-state index contributed by atoms with van der Waals surface area (Å²) in [6, 6.07) is 6.13. The Bertz CT molecular complexity index is 689. The zero-order valence-electron chi connectivity index (χ0n) is 15.5. The first-order chi connectivity index (χ1) is 12.8. The summed E-state index contributed by atoms with van der Waals surface area (Å²) in [5, 5.41) is 9.02. The lowest BCUT2D eigenvalue weighted by atomic mass is 9.96. The number of nitrogens with zero attached hydrogens (tertiary/aromatic N) is 6. The van der Waals surface area contributed by atoms with Gasteiger partial charge >= 0.3 is 0 Å². The Morgan fingerprint density at radius 1 is 1.00 bits per heavy atom. The molecule has 26 heavy (non-hydrogen) atoms. The average Bonchev–Trinajstić information content (AvgIpc) is 3.05. The number of aromatic nitrogens is 4. The van der Waals surface area contributed by atoms with E-state index in [1.54, 1.807) is 0 Å². The van der Waals surface area contributed by atoms with Crippen molar-refractivity contribution in [3.8, 4) is 0 Å². The molecule has 0 aliphatic carbocycles. The molecule has 4 rings (SSSR count). The van der Waals surface area contributed by atoms with Crippen LogP contribution in [0.4, 0.5) is 0 Å². The largest absolute Gasteiger partial charge is 0.379 e. The van der Waals surface area contributed by atoms with Crippen molar-refractivity contribution in [3.63, 3.8) is 0 Å². The van der Waals surface area contributed by atoms with Crippen LogP contribution in [0.3, 0.4) is 0 Å². The molecule has 2 aliphatic heterocycles. The lowest BCUT2D eigenvalue weighted by Crippen LogP contribution is -2.36. The first kappa shape index (κ1) is 17.6. The highest BCUT2D eigenvalue weighted by molar-refractivity contribution is 5.06. The molecule has 2 fully saturated rings. The number of rotatable bonds is 5. The van der Waals surface area contributed by atoms with Gasteiger partial charge in [-0.3, -0.25) is 14.8 Å². The molecule has 0 radical (unpaired) electrons. The Morgan fingerprint density at radius 2 is 1.77 bits per heavy atom. The molecule has 0 bridgehead atoms. The highest BCUT2D eigenvalue weighted by atomic mass is 16.5. The van der Waals surface area contributed by atoms with Gasteiger partial charge in [0.25, 0.3) is 0 Å². The minimum Gasteiger partial charge on any atom is -0.379 e. The normalized spacial score (nSPS) is 20.5. The molecule has 0 saturated carbocycles. The highest BCUT2D eigenvalue weighted by Gasteiger charge is 2.26. The molecule has 0 amide bonds. The second kappa shape index (κ2) is 8.24. The van der Waals surface area contributed by atoms with Crippen LogP contribution in [0.15, 0.2) is 24.4 Å². The molecule has 7 nitrogen and oxygen atoms in total. The summed E-state index contributed by atoms with van der Waals surface area (Å²) in [7, 11) is 2.12. The van der Waals surface area contributed by atoms with E-state index in [2.05, 4.69) is 48.7 Å². The lowest BCUT2D eigenvalue weighted by Gasteiger charge is -2.31. The molecule has 0 unspecified atom stereocenters. The fourth-order valence-corrected chi connectivity index (χ4v) is 3.90. The van der Waals surface area contributed by atoms with Crippen LogP contribution < -0.4 is 0 Å². The highest BCUT2D eigenvalue weighted by Crippen LogP contribution is 2.27. The Kier molecular flexibility index (Phi) is 5.57. The predicted molar refractivity (Wildman–Crippen MR) is 98.6 cm³/mol. The predicted octanol–water partition coefficient (Wildman–Crippen LogP) is 1.42. The quantitative estimate of drug-likeness (QED) is 0.808. The van der Waals surface area contributed by atoms with Crippen molar-refractivity contribution in [2.75, 3.05) is 39.4 Å². The molecule has 140 valence electrons. The molecule has 0 aromatic carbocycles. The van der Waals surface area contributed by atoms with Crippen molar-refractivity contribution in [2.45, 2.75) is 31.8 Å². The summed E-state index contributed by atoms with van der Waals surface area (Å²) in [5.74, 6) is 2.72. The SMILES string of the molecule is Cn1c(CN2CCOCC2)nnc1C1CCN(Cc2ccccn2)CC1. The van der Waals surface area contributed by atoms with Crippen LogP contribution >= 0.6 is 0 Å². The third kappa shape index (κ3) is 4.11. The summed E-state index contributed by atoms with van der Waals surface area (Å²) in [4.78, 5) is 9.33. The van der Waals surface area contributed by atoms with Gasteiger partial charge in [0.1, 0.15) is 11.6 Å².